The molecule has 0 saturated heterocycles. The van der Waals surface area contributed by atoms with E-state index < -0.39 is 6.10 Å². The lowest BCUT2D eigenvalue weighted by atomic mass is 10.0. The van der Waals surface area contributed by atoms with Crippen LogP contribution in [0.2, 0.25) is 0 Å². The van der Waals surface area contributed by atoms with Crippen molar-refractivity contribution in [3.05, 3.63) is 35.9 Å². The van der Waals surface area contributed by atoms with Gasteiger partial charge >= 0.3 is 0 Å². The monoisotopic (exact) mass is 261 g/mol. The van der Waals surface area contributed by atoms with Gasteiger partial charge in [0, 0.05) is 5.56 Å². The first-order chi connectivity index (χ1) is 9.31. The van der Waals surface area contributed by atoms with Gasteiger partial charge in [-0.05, 0) is 36.8 Å². The molecule has 0 bridgehead atoms. The largest absolute Gasteiger partial charge is 0.274 e. The Bertz CT molecular complexity index is 472. The highest BCUT2D eigenvalue weighted by Gasteiger charge is 2.25. The van der Waals surface area contributed by atoms with E-state index in [1.807, 2.05) is 6.07 Å². The van der Waals surface area contributed by atoms with Crippen molar-refractivity contribution in [2.75, 3.05) is 0 Å². The Kier molecular flexibility index (Phi) is 4.93. The van der Waals surface area contributed by atoms with Crippen LogP contribution in [0.4, 0.5) is 4.39 Å². The summed E-state index contributed by atoms with van der Waals surface area (Å²) in [4.78, 5) is 17.1. The standard InChI is InChI=1S/C15H16FNO2/c16-11-10-14(12-6-4-5-7-12)19-17-15(18)13-8-2-1-3-9-13/h1-3,8-9,12,14H,4-7H2,(H,17,18). The maximum Gasteiger partial charge on any atom is 0.274 e. The lowest BCUT2D eigenvalue weighted by Gasteiger charge is -2.17. The van der Waals surface area contributed by atoms with Gasteiger partial charge in [-0.3, -0.25) is 9.63 Å². The van der Waals surface area contributed by atoms with Crippen molar-refractivity contribution < 1.29 is 14.0 Å². The summed E-state index contributed by atoms with van der Waals surface area (Å²) in [5.41, 5.74) is 2.85. The lowest BCUT2D eigenvalue weighted by Crippen LogP contribution is -2.32. The van der Waals surface area contributed by atoms with Crippen LogP contribution in [0.3, 0.4) is 0 Å². The van der Waals surface area contributed by atoms with Crippen molar-refractivity contribution in [1.29, 1.82) is 0 Å². The highest BCUT2D eigenvalue weighted by atomic mass is 19.1. The van der Waals surface area contributed by atoms with Gasteiger partial charge in [-0.2, -0.15) is 0 Å². The van der Waals surface area contributed by atoms with E-state index in [9.17, 15) is 9.18 Å². The highest BCUT2D eigenvalue weighted by Crippen LogP contribution is 2.28. The molecule has 1 unspecified atom stereocenters. The molecule has 1 fully saturated rings. The van der Waals surface area contributed by atoms with Crippen LogP contribution in [0, 0.1) is 18.0 Å². The third-order valence-electron chi connectivity index (χ3n) is 3.34. The molecular formula is C15H16FNO2. The molecule has 3 nitrogen and oxygen atoms in total. The highest BCUT2D eigenvalue weighted by molar-refractivity contribution is 5.93. The summed E-state index contributed by atoms with van der Waals surface area (Å²) in [7, 11) is 0. The van der Waals surface area contributed by atoms with Crippen LogP contribution in [0.25, 0.3) is 0 Å². The first kappa shape index (κ1) is 13.6. The molecule has 0 radical (unpaired) electrons. The second kappa shape index (κ2) is 6.91. The molecule has 1 aliphatic carbocycles. The van der Waals surface area contributed by atoms with E-state index in [0.29, 0.717) is 5.56 Å². The van der Waals surface area contributed by atoms with Gasteiger partial charge in [0.1, 0.15) is 6.17 Å². The molecule has 1 saturated carbocycles. The summed E-state index contributed by atoms with van der Waals surface area (Å²) in [6.07, 6.45) is 4.93. The maximum atomic E-state index is 12.2. The zero-order valence-electron chi connectivity index (χ0n) is 10.6. The fourth-order valence-corrected chi connectivity index (χ4v) is 2.32. The minimum absolute atomic E-state index is 0.194. The fourth-order valence-electron chi connectivity index (χ4n) is 2.32. The summed E-state index contributed by atoms with van der Waals surface area (Å²) in [6, 6.07) is 8.73. The summed E-state index contributed by atoms with van der Waals surface area (Å²) < 4.78 is 12.2. The molecule has 1 aliphatic rings. The van der Waals surface area contributed by atoms with Gasteiger partial charge in [0.25, 0.3) is 5.91 Å². The number of hydrogen-bond donors (Lipinski definition) is 1. The number of rotatable bonds is 4. The van der Waals surface area contributed by atoms with Crippen LogP contribution >= 0.6 is 0 Å². The van der Waals surface area contributed by atoms with E-state index in [1.165, 1.54) is 6.17 Å². The Hall–Kier alpha value is -1.86. The predicted molar refractivity (Wildman–Crippen MR) is 69.6 cm³/mol. The first-order valence-corrected chi connectivity index (χ1v) is 6.43. The Balaban J connectivity index is 1.91. The van der Waals surface area contributed by atoms with Crippen molar-refractivity contribution in [3.63, 3.8) is 0 Å². The smallest absolute Gasteiger partial charge is 0.267 e. The maximum absolute atomic E-state index is 12.2. The Morgan fingerprint density at radius 1 is 1.32 bits per heavy atom. The van der Waals surface area contributed by atoms with Crippen LogP contribution in [0.1, 0.15) is 36.0 Å². The van der Waals surface area contributed by atoms with E-state index in [4.69, 9.17) is 4.84 Å². The van der Waals surface area contributed by atoms with Crippen LogP contribution in [0.15, 0.2) is 30.3 Å². The van der Waals surface area contributed by atoms with Crippen LogP contribution in [-0.4, -0.2) is 12.0 Å². The molecule has 1 aromatic rings. The number of hydrogen-bond acceptors (Lipinski definition) is 2. The van der Waals surface area contributed by atoms with Crippen LogP contribution in [-0.2, 0) is 4.84 Å². The third kappa shape index (κ3) is 3.80. The summed E-state index contributed by atoms with van der Waals surface area (Å²) >= 11 is 0. The SMILES string of the molecule is O=C(NOC(C#CF)C1CCCC1)c1ccccc1. The van der Waals surface area contributed by atoms with Crippen LogP contribution < -0.4 is 5.48 Å². The molecule has 1 aromatic carbocycles. The second-order valence-electron chi connectivity index (χ2n) is 4.62. The van der Waals surface area contributed by atoms with Gasteiger partial charge in [0.05, 0.1) is 0 Å². The number of carbonyl (C=O) groups excluding carboxylic acids is 1. The summed E-state index contributed by atoms with van der Waals surface area (Å²) in [5, 5.41) is 0. The zero-order chi connectivity index (χ0) is 13.5. The average molecular weight is 261 g/mol. The van der Waals surface area contributed by atoms with Gasteiger partial charge in [0.2, 0.25) is 0 Å². The summed E-state index contributed by atoms with van der Waals surface area (Å²) in [5.74, 6) is 2.23. The van der Waals surface area contributed by atoms with E-state index in [-0.39, 0.29) is 11.8 Å². The second-order valence-corrected chi connectivity index (χ2v) is 4.62. The van der Waals surface area contributed by atoms with Crippen molar-refractivity contribution in [3.8, 4) is 12.1 Å². The number of amides is 1. The topological polar surface area (TPSA) is 38.3 Å². The van der Waals surface area contributed by atoms with Gasteiger partial charge in [-0.25, -0.2) is 5.48 Å². The number of halogens is 1. The minimum atomic E-state index is -0.569. The minimum Gasteiger partial charge on any atom is -0.267 e. The van der Waals surface area contributed by atoms with Gasteiger partial charge in [0.15, 0.2) is 6.10 Å². The molecule has 0 aliphatic heterocycles. The molecule has 1 atom stereocenters. The van der Waals surface area contributed by atoms with Crippen molar-refractivity contribution in [2.24, 2.45) is 5.92 Å². The normalized spacial score (nSPS) is 16.5. The zero-order valence-corrected chi connectivity index (χ0v) is 10.6. The molecule has 1 N–H and O–H groups in total. The first-order valence-electron chi connectivity index (χ1n) is 6.43. The molecule has 1 amide bonds. The van der Waals surface area contributed by atoms with Gasteiger partial charge < -0.3 is 0 Å². The molecular weight excluding hydrogens is 245 g/mol. The quantitative estimate of drug-likeness (QED) is 0.668. The molecule has 2 rings (SSSR count). The molecule has 4 heteroatoms. The molecule has 0 spiro atoms. The van der Waals surface area contributed by atoms with E-state index in [0.717, 1.165) is 25.7 Å². The number of benzene rings is 1. The van der Waals surface area contributed by atoms with E-state index in [2.05, 4.69) is 11.4 Å². The van der Waals surface area contributed by atoms with Gasteiger partial charge in [-0.15, -0.1) is 4.39 Å². The van der Waals surface area contributed by atoms with Crippen molar-refractivity contribution >= 4 is 5.91 Å². The molecule has 19 heavy (non-hydrogen) atoms. The average Bonchev–Trinajstić information content (AvgIpc) is 2.98. The van der Waals surface area contributed by atoms with Gasteiger partial charge in [-0.1, -0.05) is 31.0 Å². The Morgan fingerprint density at radius 2 is 2.00 bits per heavy atom. The van der Waals surface area contributed by atoms with Crippen molar-refractivity contribution in [1.82, 2.24) is 5.48 Å². The number of nitrogens with one attached hydrogen (secondary N) is 1. The van der Waals surface area contributed by atoms with Crippen LogP contribution in [0.5, 0.6) is 0 Å². The lowest BCUT2D eigenvalue weighted by molar-refractivity contribution is -0.0140. The van der Waals surface area contributed by atoms with E-state index >= 15 is 0 Å². The third-order valence-corrected chi connectivity index (χ3v) is 3.34. The number of carbonyl (C=O) groups is 1. The Labute approximate surface area is 112 Å². The van der Waals surface area contributed by atoms with E-state index in [1.54, 1.807) is 24.3 Å². The molecule has 100 valence electrons. The predicted octanol–water partition coefficient (Wildman–Crippen LogP) is 2.84. The molecule has 0 heterocycles. The molecule has 0 aromatic heterocycles. The Morgan fingerprint density at radius 3 is 2.63 bits per heavy atom. The van der Waals surface area contributed by atoms with Crippen molar-refractivity contribution in [2.45, 2.75) is 31.8 Å². The number of hydroxylamine groups is 1. The summed E-state index contributed by atoms with van der Waals surface area (Å²) in [6.45, 7) is 0. The fraction of sp³-hybridized carbons (Fsp3) is 0.400.